The van der Waals surface area contributed by atoms with Gasteiger partial charge in [-0.25, -0.2) is 4.79 Å². The molecule has 0 aliphatic rings. The number of carboxylic acids is 1. The number of carboxylic acid groups (broad SMARTS) is 1. The molecule has 0 aromatic heterocycles. The van der Waals surface area contributed by atoms with Crippen LogP contribution in [0.5, 0.6) is 5.75 Å². The van der Waals surface area contributed by atoms with E-state index in [1.165, 1.54) is 6.92 Å². The van der Waals surface area contributed by atoms with E-state index >= 15 is 0 Å². The fourth-order valence-electron chi connectivity index (χ4n) is 1.72. The molecule has 0 aliphatic heterocycles. The van der Waals surface area contributed by atoms with Gasteiger partial charge in [-0.15, -0.1) is 0 Å². The first-order chi connectivity index (χ1) is 9.87. The second-order valence-electron chi connectivity index (χ2n) is 5.30. The highest BCUT2D eigenvalue weighted by Gasteiger charge is 2.32. The Morgan fingerprint density at radius 3 is 2.43 bits per heavy atom. The van der Waals surface area contributed by atoms with Gasteiger partial charge in [0.2, 0.25) is 5.91 Å². The topological polar surface area (TPSA) is 75.6 Å². The average molecular weight is 293 g/mol. The van der Waals surface area contributed by atoms with Crippen LogP contribution in [0.4, 0.5) is 0 Å². The van der Waals surface area contributed by atoms with Crippen LogP contribution in [0.1, 0.15) is 38.7 Å². The standard InChI is InChI=1S/C16H23NO4/c1-4-16(3,15(19)20)17-14(18)6-5-11-21-13-9-7-12(2)8-10-13/h7-10H,4-6,11H2,1-3H3,(H,17,18)(H,19,20). The van der Waals surface area contributed by atoms with Gasteiger partial charge in [0, 0.05) is 6.42 Å². The molecule has 21 heavy (non-hydrogen) atoms. The third-order valence-corrected chi connectivity index (χ3v) is 3.43. The highest BCUT2D eigenvalue weighted by atomic mass is 16.5. The largest absolute Gasteiger partial charge is 0.494 e. The van der Waals surface area contributed by atoms with Crippen LogP contribution in [0.2, 0.25) is 0 Å². The Labute approximate surface area is 125 Å². The molecule has 1 rings (SSSR count). The summed E-state index contributed by atoms with van der Waals surface area (Å²) in [4.78, 5) is 22.8. The van der Waals surface area contributed by atoms with Crippen molar-refractivity contribution in [1.29, 1.82) is 0 Å². The van der Waals surface area contributed by atoms with Crippen LogP contribution in [-0.4, -0.2) is 29.1 Å². The van der Waals surface area contributed by atoms with Gasteiger partial charge in [0.05, 0.1) is 6.61 Å². The number of nitrogens with one attached hydrogen (secondary N) is 1. The molecule has 0 spiro atoms. The van der Waals surface area contributed by atoms with E-state index in [4.69, 9.17) is 9.84 Å². The predicted molar refractivity (Wildman–Crippen MR) is 80.4 cm³/mol. The molecular weight excluding hydrogens is 270 g/mol. The van der Waals surface area contributed by atoms with Crippen LogP contribution >= 0.6 is 0 Å². The summed E-state index contributed by atoms with van der Waals surface area (Å²) in [5.74, 6) is -0.520. The van der Waals surface area contributed by atoms with Crippen molar-refractivity contribution >= 4 is 11.9 Å². The minimum absolute atomic E-state index is 0.245. The van der Waals surface area contributed by atoms with Gasteiger partial charge < -0.3 is 15.2 Å². The molecule has 0 heterocycles. The van der Waals surface area contributed by atoms with E-state index in [0.717, 1.165) is 11.3 Å². The van der Waals surface area contributed by atoms with Crippen LogP contribution in [0, 0.1) is 6.92 Å². The predicted octanol–water partition coefficient (Wildman–Crippen LogP) is 2.52. The quantitative estimate of drug-likeness (QED) is 0.722. The van der Waals surface area contributed by atoms with E-state index in [2.05, 4.69) is 5.32 Å². The third-order valence-electron chi connectivity index (χ3n) is 3.43. The fourth-order valence-corrected chi connectivity index (χ4v) is 1.72. The van der Waals surface area contributed by atoms with Crippen LogP contribution in [0.3, 0.4) is 0 Å². The number of ether oxygens (including phenoxy) is 1. The van der Waals surface area contributed by atoms with Gasteiger partial charge in [0.15, 0.2) is 0 Å². The summed E-state index contributed by atoms with van der Waals surface area (Å²) in [6.07, 6.45) is 1.13. The minimum Gasteiger partial charge on any atom is -0.494 e. The zero-order valence-corrected chi connectivity index (χ0v) is 12.8. The van der Waals surface area contributed by atoms with E-state index in [-0.39, 0.29) is 12.3 Å². The van der Waals surface area contributed by atoms with Gasteiger partial charge >= 0.3 is 5.97 Å². The number of carbonyl (C=O) groups excluding carboxylic acids is 1. The first-order valence-electron chi connectivity index (χ1n) is 7.11. The monoisotopic (exact) mass is 293 g/mol. The van der Waals surface area contributed by atoms with Crippen molar-refractivity contribution < 1.29 is 19.4 Å². The van der Waals surface area contributed by atoms with Crippen molar-refractivity contribution in [3.63, 3.8) is 0 Å². The van der Waals surface area contributed by atoms with Crippen LogP contribution in [0.15, 0.2) is 24.3 Å². The van der Waals surface area contributed by atoms with E-state index in [1.54, 1.807) is 6.92 Å². The Morgan fingerprint density at radius 1 is 1.29 bits per heavy atom. The van der Waals surface area contributed by atoms with Gasteiger partial charge in [-0.3, -0.25) is 4.79 Å². The number of hydrogen-bond donors (Lipinski definition) is 2. The summed E-state index contributed by atoms with van der Waals surface area (Å²) in [6.45, 7) is 5.67. The Hall–Kier alpha value is -2.04. The zero-order chi connectivity index (χ0) is 15.9. The molecule has 1 amide bonds. The Balaban J connectivity index is 2.30. The maximum atomic E-state index is 11.7. The fraction of sp³-hybridized carbons (Fsp3) is 0.500. The van der Waals surface area contributed by atoms with Gasteiger partial charge in [0.25, 0.3) is 0 Å². The highest BCUT2D eigenvalue weighted by Crippen LogP contribution is 2.12. The summed E-state index contributed by atoms with van der Waals surface area (Å²) in [5, 5.41) is 11.6. The van der Waals surface area contributed by atoms with Crippen molar-refractivity contribution in [2.45, 2.75) is 45.6 Å². The molecule has 1 unspecified atom stereocenters. The highest BCUT2D eigenvalue weighted by molar-refractivity contribution is 5.86. The summed E-state index contributed by atoms with van der Waals surface area (Å²) < 4.78 is 5.52. The molecule has 0 saturated heterocycles. The molecule has 5 heteroatoms. The number of aliphatic carboxylic acids is 1. The van der Waals surface area contributed by atoms with Crippen molar-refractivity contribution in [2.75, 3.05) is 6.61 Å². The first-order valence-corrected chi connectivity index (χ1v) is 7.11. The van der Waals surface area contributed by atoms with E-state index in [1.807, 2.05) is 31.2 Å². The number of hydrogen-bond acceptors (Lipinski definition) is 3. The van der Waals surface area contributed by atoms with Crippen molar-refractivity contribution in [1.82, 2.24) is 5.32 Å². The van der Waals surface area contributed by atoms with Crippen LogP contribution in [0.25, 0.3) is 0 Å². The average Bonchev–Trinajstić information content (AvgIpc) is 2.45. The van der Waals surface area contributed by atoms with Gasteiger partial charge in [-0.1, -0.05) is 24.6 Å². The Bertz CT molecular complexity index is 484. The summed E-state index contributed by atoms with van der Waals surface area (Å²) in [6, 6.07) is 7.69. The van der Waals surface area contributed by atoms with Gasteiger partial charge in [-0.2, -0.15) is 0 Å². The van der Waals surface area contributed by atoms with Crippen LogP contribution < -0.4 is 10.1 Å². The second-order valence-corrected chi connectivity index (χ2v) is 5.30. The molecule has 0 fully saturated rings. The molecule has 1 atom stereocenters. The number of benzene rings is 1. The summed E-state index contributed by atoms with van der Waals surface area (Å²) in [7, 11) is 0. The second kappa shape index (κ2) is 7.67. The van der Waals surface area contributed by atoms with Crippen molar-refractivity contribution in [3.05, 3.63) is 29.8 Å². The molecule has 0 radical (unpaired) electrons. The van der Waals surface area contributed by atoms with Crippen LogP contribution in [-0.2, 0) is 9.59 Å². The lowest BCUT2D eigenvalue weighted by atomic mass is 9.99. The SMILES string of the molecule is CCC(C)(NC(=O)CCCOc1ccc(C)cc1)C(=O)O. The maximum Gasteiger partial charge on any atom is 0.329 e. The maximum absolute atomic E-state index is 11.7. The lowest BCUT2D eigenvalue weighted by Gasteiger charge is -2.24. The lowest BCUT2D eigenvalue weighted by Crippen LogP contribution is -2.51. The van der Waals surface area contributed by atoms with Gasteiger partial charge in [-0.05, 0) is 38.8 Å². The summed E-state index contributed by atoms with van der Waals surface area (Å²) in [5.41, 5.74) is -0.0382. The van der Waals surface area contributed by atoms with E-state index in [9.17, 15) is 9.59 Å². The summed E-state index contributed by atoms with van der Waals surface area (Å²) >= 11 is 0. The minimum atomic E-state index is -1.20. The lowest BCUT2D eigenvalue weighted by molar-refractivity contribution is -0.147. The first kappa shape index (κ1) is 17.0. The number of carbonyl (C=O) groups is 2. The van der Waals surface area contributed by atoms with Crippen molar-refractivity contribution in [3.8, 4) is 5.75 Å². The number of rotatable bonds is 8. The molecular formula is C16H23NO4. The number of amides is 1. The van der Waals surface area contributed by atoms with E-state index in [0.29, 0.717) is 19.4 Å². The molecule has 0 saturated carbocycles. The molecule has 1 aromatic rings. The molecule has 116 valence electrons. The molecule has 5 nitrogen and oxygen atoms in total. The normalized spacial score (nSPS) is 13.3. The Morgan fingerprint density at radius 2 is 1.90 bits per heavy atom. The smallest absolute Gasteiger partial charge is 0.329 e. The molecule has 2 N–H and O–H groups in total. The molecule has 1 aromatic carbocycles. The third kappa shape index (κ3) is 5.45. The molecule has 0 bridgehead atoms. The number of aryl methyl sites for hydroxylation is 1. The van der Waals surface area contributed by atoms with E-state index < -0.39 is 11.5 Å². The molecule has 0 aliphatic carbocycles. The van der Waals surface area contributed by atoms with Crippen molar-refractivity contribution in [2.24, 2.45) is 0 Å². The van der Waals surface area contributed by atoms with Gasteiger partial charge in [0.1, 0.15) is 11.3 Å². The zero-order valence-electron chi connectivity index (χ0n) is 12.8. The Kier molecular flexibility index (Phi) is 6.21.